The Bertz CT molecular complexity index is 1090. The highest BCUT2D eigenvalue weighted by molar-refractivity contribution is 5.90. The zero-order valence-electron chi connectivity index (χ0n) is 21.8. The quantitative estimate of drug-likeness (QED) is 0.461. The number of hydrogen-bond acceptors (Lipinski definition) is 6. The molecule has 2 amide bonds. The van der Waals surface area contributed by atoms with E-state index in [4.69, 9.17) is 4.74 Å². The number of fused-ring (bicyclic) bond motifs is 1. The van der Waals surface area contributed by atoms with Crippen LogP contribution in [0.2, 0.25) is 0 Å². The molecular weight excluding hydrogens is 456 g/mol. The van der Waals surface area contributed by atoms with E-state index in [0.29, 0.717) is 24.7 Å². The van der Waals surface area contributed by atoms with Crippen molar-refractivity contribution in [2.75, 3.05) is 39.2 Å². The SMILES string of the molecule is C=CC(=O)Cc1ccc(Nc2n[nH]c3c2CN(C(=O)N[C@H](CN(C)C)C2CCOCC2)C3(C)C)cc1. The van der Waals surface area contributed by atoms with E-state index in [9.17, 15) is 9.59 Å². The number of nitrogens with zero attached hydrogens (tertiary/aromatic N) is 3. The molecule has 0 bridgehead atoms. The number of aromatic nitrogens is 2. The first-order chi connectivity index (χ1) is 17.2. The number of rotatable bonds is 9. The first-order valence-corrected chi connectivity index (χ1v) is 12.6. The van der Waals surface area contributed by atoms with Crippen LogP contribution in [0, 0.1) is 5.92 Å². The van der Waals surface area contributed by atoms with Gasteiger partial charge in [0.05, 0.1) is 17.8 Å². The molecule has 194 valence electrons. The average Bonchev–Trinajstić information content (AvgIpc) is 3.37. The second-order valence-corrected chi connectivity index (χ2v) is 10.5. The number of aromatic amines is 1. The monoisotopic (exact) mass is 494 g/mol. The van der Waals surface area contributed by atoms with Crippen LogP contribution in [0.25, 0.3) is 0 Å². The fraction of sp³-hybridized carbons (Fsp3) is 0.519. The van der Waals surface area contributed by atoms with Crippen molar-refractivity contribution in [1.82, 2.24) is 25.3 Å². The number of benzene rings is 1. The van der Waals surface area contributed by atoms with Crippen LogP contribution < -0.4 is 10.6 Å². The van der Waals surface area contributed by atoms with Crippen LogP contribution in [0.3, 0.4) is 0 Å². The van der Waals surface area contributed by atoms with Crippen LogP contribution in [-0.2, 0) is 28.0 Å². The van der Waals surface area contributed by atoms with Gasteiger partial charge < -0.3 is 25.2 Å². The summed E-state index contributed by atoms with van der Waals surface area (Å²) in [6.45, 7) is 10.4. The highest BCUT2D eigenvalue weighted by Gasteiger charge is 2.44. The van der Waals surface area contributed by atoms with Gasteiger partial charge in [-0.15, -0.1) is 0 Å². The Morgan fingerprint density at radius 1 is 1.28 bits per heavy atom. The van der Waals surface area contributed by atoms with Crippen molar-refractivity contribution in [3.63, 3.8) is 0 Å². The topological polar surface area (TPSA) is 103 Å². The Morgan fingerprint density at radius 3 is 2.61 bits per heavy atom. The molecule has 1 saturated heterocycles. The first kappa shape index (κ1) is 25.9. The van der Waals surface area contributed by atoms with Crippen LogP contribution in [0.5, 0.6) is 0 Å². The maximum atomic E-state index is 13.6. The second-order valence-electron chi connectivity index (χ2n) is 10.5. The number of ketones is 1. The number of carbonyl (C=O) groups excluding carboxylic acids is 2. The highest BCUT2D eigenvalue weighted by atomic mass is 16.5. The molecule has 0 saturated carbocycles. The second kappa shape index (κ2) is 10.8. The summed E-state index contributed by atoms with van der Waals surface area (Å²) in [6, 6.07) is 7.69. The van der Waals surface area contributed by atoms with E-state index in [1.54, 1.807) is 0 Å². The summed E-state index contributed by atoms with van der Waals surface area (Å²) in [5.74, 6) is 1.10. The summed E-state index contributed by atoms with van der Waals surface area (Å²) in [5.41, 5.74) is 3.18. The van der Waals surface area contributed by atoms with Gasteiger partial charge in [0.1, 0.15) is 0 Å². The van der Waals surface area contributed by atoms with E-state index in [-0.39, 0.29) is 17.9 Å². The number of hydrogen-bond donors (Lipinski definition) is 3. The highest BCUT2D eigenvalue weighted by Crippen LogP contribution is 2.41. The Balaban J connectivity index is 1.46. The molecule has 4 rings (SSSR count). The van der Waals surface area contributed by atoms with E-state index in [1.165, 1.54) is 6.08 Å². The Morgan fingerprint density at radius 2 is 1.97 bits per heavy atom. The lowest BCUT2D eigenvalue weighted by Gasteiger charge is -2.37. The van der Waals surface area contributed by atoms with Gasteiger partial charge in [0.25, 0.3) is 0 Å². The minimum atomic E-state index is -0.528. The van der Waals surface area contributed by atoms with Crippen LogP contribution in [0.1, 0.15) is 43.5 Å². The van der Waals surface area contributed by atoms with E-state index in [1.807, 2.05) is 57.1 Å². The van der Waals surface area contributed by atoms with Crippen molar-refractivity contribution in [1.29, 1.82) is 0 Å². The summed E-state index contributed by atoms with van der Waals surface area (Å²) in [5, 5.41) is 14.4. The third-order valence-corrected chi connectivity index (χ3v) is 7.24. The lowest BCUT2D eigenvalue weighted by Crippen LogP contribution is -2.54. The molecule has 1 fully saturated rings. The fourth-order valence-corrected chi connectivity index (χ4v) is 5.12. The van der Waals surface area contributed by atoms with Crippen molar-refractivity contribution >= 4 is 23.3 Å². The minimum absolute atomic E-state index is 0.00827. The fourth-order valence-electron chi connectivity index (χ4n) is 5.12. The van der Waals surface area contributed by atoms with Gasteiger partial charge in [-0.2, -0.15) is 5.10 Å². The van der Waals surface area contributed by atoms with Crippen molar-refractivity contribution in [3.05, 3.63) is 53.7 Å². The van der Waals surface area contributed by atoms with Crippen LogP contribution in [0.4, 0.5) is 16.3 Å². The molecule has 3 heterocycles. The third-order valence-electron chi connectivity index (χ3n) is 7.24. The van der Waals surface area contributed by atoms with Crippen molar-refractivity contribution in [2.24, 2.45) is 5.92 Å². The van der Waals surface area contributed by atoms with E-state index < -0.39 is 5.54 Å². The number of likely N-dealkylation sites (N-methyl/N-ethyl adjacent to an activating group) is 1. The molecule has 2 aliphatic rings. The van der Waals surface area contributed by atoms with Gasteiger partial charge in [-0.1, -0.05) is 18.7 Å². The molecule has 2 aromatic rings. The summed E-state index contributed by atoms with van der Waals surface area (Å²) in [4.78, 5) is 29.2. The number of urea groups is 1. The van der Waals surface area contributed by atoms with Crippen LogP contribution >= 0.6 is 0 Å². The smallest absolute Gasteiger partial charge is 0.318 e. The number of nitrogens with one attached hydrogen (secondary N) is 3. The van der Waals surface area contributed by atoms with Gasteiger partial charge in [0, 0.05) is 43.5 Å². The largest absolute Gasteiger partial charge is 0.381 e. The molecule has 9 heteroatoms. The summed E-state index contributed by atoms with van der Waals surface area (Å²) < 4.78 is 5.54. The van der Waals surface area contributed by atoms with Gasteiger partial charge in [0.2, 0.25) is 0 Å². The Kier molecular flexibility index (Phi) is 7.80. The zero-order chi connectivity index (χ0) is 25.9. The molecule has 1 aromatic heterocycles. The van der Waals surface area contributed by atoms with Crippen LogP contribution in [-0.4, -0.2) is 71.7 Å². The molecular formula is C27H38N6O3. The molecule has 0 spiro atoms. The number of amides is 2. The van der Waals surface area contributed by atoms with Gasteiger partial charge in [-0.05, 0) is 70.5 Å². The van der Waals surface area contributed by atoms with Gasteiger partial charge >= 0.3 is 6.03 Å². The van der Waals surface area contributed by atoms with E-state index in [0.717, 1.165) is 55.1 Å². The molecule has 0 aliphatic carbocycles. The van der Waals surface area contributed by atoms with E-state index in [2.05, 4.69) is 32.3 Å². The average molecular weight is 495 g/mol. The molecule has 9 nitrogen and oxygen atoms in total. The standard InChI is InChI=1S/C27H38N6O3/c1-6-21(34)15-18-7-9-20(10-8-18)28-25-22-16-33(27(2,3)24(22)30-31-25)26(35)29-23(17-32(4)5)19-11-13-36-14-12-19/h6-10,19,23H,1,11-17H2,2-5H3,(H,29,35)(H2,28,30,31)/t23-/m1/s1. The minimum Gasteiger partial charge on any atom is -0.381 e. The van der Waals surface area contributed by atoms with Crippen molar-refractivity contribution in [2.45, 2.75) is 51.2 Å². The number of ether oxygens (including phenoxy) is 1. The normalized spacial score (nSPS) is 18.1. The maximum Gasteiger partial charge on any atom is 0.318 e. The van der Waals surface area contributed by atoms with E-state index >= 15 is 0 Å². The first-order valence-electron chi connectivity index (χ1n) is 12.6. The third kappa shape index (κ3) is 5.63. The van der Waals surface area contributed by atoms with Crippen molar-refractivity contribution < 1.29 is 14.3 Å². The van der Waals surface area contributed by atoms with Crippen LogP contribution in [0.15, 0.2) is 36.9 Å². The zero-order valence-corrected chi connectivity index (χ0v) is 21.8. The van der Waals surface area contributed by atoms with Crippen molar-refractivity contribution in [3.8, 4) is 0 Å². The molecule has 3 N–H and O–H groups in total. The Labute approximate surface area is 213 Å². The summed E-state index contributed by atoms with van der Waals surface area (Å²) >= 11 is 0. The molecule has 0 unspecified atom stereocenters. The lowest BCUT2D eigenvalue weighted by molar-refractivity contribution is -0.114. The predicted octanol–water partition coefficient (Wildman–Crippen LogP) is 3.57. The van der Waals surface area contributed by atoms with Gasteiger partial charge in [-0.3, -0.25) is 9.89 Å². The molecule has 1 atom stereocenters. The number of anilines is 2. The molecule has 0 radical (unpaired) electrons. The Hall–Kier alpha value is -3.17. The lowest BCUT2D eigenvalue weighted by atomic mass is 9.91. The molecule has 1 aromatic carbocycles. The van der Waals surface area contributed by atoms with Gasteiger partial charge in [0.15, 0.2) is 11.6 Å². The maximum absolute atomic E-state index is 13.6. The summed E-state index contributed by atoms with van der Waals surface area (Å²) in [7, 11) is 4.08. The predicted molar refractivity (Wildman–Crippen MR) is 140 cm³/mol. The van der Waals surface area contributed by atoms with Gasteiger partial charge in [-0.25, -0.2) is 4.79 Å². The number of allylic oxidation sites excluding steroid dienone is 1. The molecule has 2 aliphatic heterocycles. The number of H-pyrrole nitrogens is 1. The number of carbonyl (C=O) groups is 2. The summed E-state index contributed by atoms with van der Waals surface area (Å²) in [6.07, 6.45) is 3.59. The molecule has 36 heavy (non-hydrogen) atoms.